The maximum absolute atomic E-state index is 11.7. The van der Waals surface area contributed by atoms with Gasteiger partial charge in [0.1, 0.15) is 6.23 Å². The summed E-state index contributed by atoms with van der Waals surface area (Å²) in [5, 5.41) is 2.68. The second kappa shape index (κ2) is 9.90. The van der Waals surface area contributed by atoms with Gasteiger partial charge in [-0.2, -0.15) is 0 Å². The van der Waals surface area contributed by atoms with Crippen molar-refractivity contribution < 1.29 is 17.9 Å². The van der Waals surface area contributed by atoms with E-state index >= 15 is 0 Å². The molecule has 1 saturated heterocycles. The van der Waals surface area contributed by atoms with Gasteiger partial charge in [-0.05, 0) is 18.8 Å². The van der Waals surface area contributed by atoms with E-state index in [1.807, 2.05) is 34.6 Å². The second-order valence-electron chi connectivity index (χ2n) is 3.14. The predicted octanol–water partition coefficient (Wildman–Crippen LogP) is 3.92. The minimum atomic E-state index is -4.52. The van der Waals surface area contributed by atoms with E-state index in [1.54, 1.807) is 0 Å². The van der Waals surface area contributed by atoms with Crippen LogP contribution in [-0.2, 0) is 4.74 Å². The quantitative estimate of drug-likeness (QED) is 0.753. The molecule has 2 atom stereocenters. The van der Waals surface area contributed by atoms with E-state index in [0.717, 1.165) is 6.42 Å². The molecule has 1 rings (SSSR count). The Kier molecular flexibility index (Phi) is 11.2. The summed E-state index contributed by atoms with van der Waals surface area (Å²) in [6, 6.07) is 0. The van der Waals surface area contributed by atoms with Crippen LogP contribution in [0, 0.1) is 5.92 Å². The van der Waals surface area contributed by atoms with Gasteiger partial charge in [-0.1, -0.05) is 34.6 Å². The van der Waals surface area contributed by atoms with Crippen molar-refractivity contribution in [3.05, 3.63) is 0 Å². The molecular formula is C11H24F3NO. The van der Waals surface area contributed by atoms with Crippen LogP contribution in [0.25, 0.3) is 0 Å². The number of nitrogens with one attached hydrogen (secondary N) is 1. The first kappa shape index (κ1) is 18.1. The van der Waals surface area contributed by atoms with Crippen molar-refractivity contribution in [2.24, 2.45) is 5.92 Å². The van der Waals surface area contributed by atoms with Gasteiger partial charge in [0, 0.05) is 6.54 Å². The van der Waals surface area contributed by atoms with Crippen molar-refractivity contribution in [3.63, 3.8) is 0 Å². The monoisotopic (exact) mass is 243 g/mol. The van der Waals surface area contributed by atoms with E-state index in [4.69, 9.17) is 0 Å². The summed E-state index contributed by atoms with van der Waals surface area (Å²) < 4.78 is 38.8. The maximum Gasteiger partial charge on any atom is 0.524 e. The van der Waals surface area contributed by atoms with Crippen molar-refractivity contribution >= 4 is 0 Å². The molecule has 2 unspecified atom stereocenters. The van der Waals surface area contributed by atoms with Crippen LogP contribution in [0.5, 0.6) is 0 Å². The molecular weight excluding hydrogens is 219 g/mol. The topological polar surface area (TPSA) is 21.3 Å². The minimum Gasteiger partial charge on any atom is -0.292 e. The Morgan fingerprint density at radius 3 is 1.88 bits per heavy atom. The van der Waals surface area contributed by atoms with Crippen LogP contribution in [0.1, 0.15) is 47.5 Å². The highest BCUT2D eigenvalue weighted by molar-refractivity contribution is 4.69. The van der Waals surface area contributed by atoms with Crippen LogP contribution in [0.2, 0.25) is 0 Å². The third-order valence-corrected chi connectivity index (χ3v) is 1.89. The number of alkyl halides is 3. The molecule has 100 valence electrons. The molecule has 0 radical (unpaired) electrons. The van der Waals surface area contributed by atoms with Gasteiger partial charge in [-0.15, -0.1) is 13.2 Å². The fourth-order valence-corrected chi connectivity index (χ4v) is 1.23. The lowest BCUT2D eigenvalue weighted by Crippen LogP contribution is -2.42. The molecule has 1 N–H and O–H groups in total. The molecule has 0 saturated carbocycles. The Balaban J connectivity index is 0. The first-order chi connectivity index (χ1) is 7.47. The van der Waals surface area contributed by atoms with E-state index in [0.29, 0.717) is 18.9 Å². The molecule has 5 heteroatoms. The van der Waals surface area contributed by atoms with Gasteiger partial charge >= 0.3 is 6.36 Å². The van der Waals surface area contributed by atoms with Crippen molar-refractivity contribution in [3.8, 4) is 0 Å². The van der Waals surface area contributed by atoms with Gasteiger partial charge in [0.2, 0.25) is 0 Å². The van der Waals surface area contributed by atoms with Gasteiger partial charge in [-0.3, -0.25) is 10.1 Å². The zero-order valence-electron chi connectivity index (χ0n) is 10.8. The van der Waals surface area contributed by atoms with Gasteiger partial charge in [0.15, 0.2) is 0 Å². The van der Waals surface area contributed by atoms with Crippen molar-refractivity contribution in [1.82, 2.24) is 5.32 Å². The Labute approximate surface area is 96.6 Å². The molecule has 16 heavy (non-hydrogen) atoms. The van der Waals surface area contributed by atoms with Crippen LogP contribution < -0.4 is 5.32 Å². The maximum atomic E-state index is 11.7. The average molecular weight is 243 g/mol. The summed E-state index contributed by atoms with van der Waals surface area (Å²) in [5.74, 6) is 0.443. The lowest BCUT2D eigenvalue weighted by molar-refractivity contribution is -0.348. The summed E-state index contributed by atoms with van der Waals surface area (Å²) in [6.45, 7) is 10.6. The molecule has 1 fully saturated rings. The van der Waals surface area contributed by atoms with E-state index in [-0.39, 0.29) is 0 Å². The summed E-state index contributed by atoms with van der Waals surface area (Å²) in [4.78, 5) is 0. The third kappa shape index (κ3) is 10.2. The molecule has 0 amide bonds. The fraction of sp³-hybridized carbons (Fsp3) is 1.00. The Hall–Kier alpha value is -0.290. The smallest absolute Gasteiger partial charge is 0.292 e. The number of ether oxygens (including phenoxy) is 1. The van der Waals surface area contributed by atoms with Crippen molar-refractivity contribution in [2.75, 3.05) is 6.54 Å². The summed E-state index contributed by atoms with van der Waals surface area (Å²) >= 11 is 0. The second-order valence-corrected chi connectivity index (χ2v) is 3.14. The predicted molar refractivity (Wildman–Crippen MR) is 60.0 cm³/mol. The fourth-order valence-electron chi connectivity index (χ4n) is 1.23. The molecule has 0 aromatic heterocycles. The summed E-state index contributed by atoms with van der Waals surface area (Å²) in [5.41, 5.74) is 0. The Bertz CT molecular complexity index is 143. The molecule has 0 aromatic carbocycles. The normalized spacial score (nSPS) is 24.8. The van der Waals surface area contributed by atoms with Crippen LogP contribution in [0.3, 0.4) is 0 Å². The van der Waals surface area contributed by atoms with E-state index in [2.05, 4.69) is 10.1 Å². The molecule has 0 aliphatic carbocycles. The first-order valence-corrected chi connectivity index (χ1v) is 5.95. The lowest BCUT2D eigenvalue weighted by atomic mass is 10.0. The molecule has 1 aliphatic heterocycles. The number of piperidine rings is 1. The Morgan fingerprint density at radius 1 is 1.06 bits per heavy atom. The SMILES string of the molecule is CC.CC.CC1CCC(OC(F)(F)F)NC1. The van der Waals surface area contributed by atoms with Crippen LogP contribution in [-0.4, -0.2) is 19.1 Å². The van der Waals surface area contributed by atoms with E-state index in [9.17, 15) is 13.2 Å². The van der Waals surface area contributed by atoms with Crippen LogP contribution in [0.15, 0.2) is 0 Å². The molecule has 2 nitrogen and oxygen atoms in total. The van der Waals surface area contributed by atoms with Crippen LogP contribution >= 0.6 is 0 Å². The van der Waals surface area contributed by atoms with Crippen molar-refractivity contribution in [2.45, 2.75) is 60.1 Å². The highest BCUT2D eigenvalue weighted by atomic mass is 19.4. The standard InChI is InChI=1S/C7H12F3NO.2C2H6/c1-5-2-3-6(11-4-5)12-7(8,9)10;2*1-2/h5-6,11H,2-4H2,1H3;2*1-2H3. The average Bonchev–Trinajstić information content (AvgIpc) is 2.25. The van der Waals surface area contributed by atoms with E-state index in [1.165, 1.54) is 0 Å². The van der Waals surface area contributed by atoms with E-state index < -0.39 is 12.6 Å². The van der Waals surface area contributed by atoms with Gasteiger partial charge in [-0.25, -0.2) is 0 Å². The zero-order valence-corrected chi connectivity index (χ0v) is 10.8. The first-order valence-electron chi connectivity index (χ1n) is 5.95. The van der Waals surface area contributed by atoms with Crippen molar-refractivity contribution in [1.29, 1.82) is 0 Å². The molecule has 1 heterocycles. The largest absolute Gasteiger partial charge is 0.524 e. The third-order valence-electron chi connectivity index (χ3n) is 1.89. The highest BCUT2D eigenvalue weighted by Crippen LogP contribution is 2.22. The number of hydrogen-bond donors (Lipinski definition) is 1. The van der Waals surface area contributed by atoms with Crippen LogP contribution in [0.4, 0.5) is 13.2 Å². The van der Waals surface area contributed by atoms with Gasteiger partial charge < -0.3 is 0 Å². The summed E-state index contributed by atoms with van der Waals surface area (Å²) in [6.07, 6.45) is -4.15. The Morgan fingerprint density at radius 2 is 1.56 bits per heavy atom. The van der Waals surface area contributed by atoms with Gasteiger partial charge in [0.05, 0.1) is 0 Å². The molecule has 0 spiro atoms. The number of rotatable bonds is 1. The molecule has 1 aliphatic rings. The molecule has 0 aromatic rings. The number of halogens is 3. The zero-order chi connectivity index (χ0) is 13.2. The lowest BCUT2D eigenvalue weighted by Gasteiger charge is -2.28. The number of hydrogen-bond acceptors (Lipinski definition) is 2. The highest BCUT2D eigenvalue weighted by Gasteiger charge is 2.34. The minimum absolute atomic E-state index is 0.431. The van der Waals surface area contributed by atoms with Gasteiger partial charge in [0.25, 0.3) is 0 Å². The molecule has 0 bridgehead atoms. The summed E-state index contributed by atoms with van der Waals surface area (Å²) in [7, 11) is 0.